The Bertz CT molecular complexity index is 722. The van der Waals surface area contributed by atoms with Crippen LogP contribution in [0.4, 0.5) is 0 Å². The number of halogens is 2. The summed E-state index contributed by atoms with van der Waals surface area (Å²) in [6, 6.07) is 13.4. The molecule has 0 heterocycles. The van der Waals surface area contributed by atoms with Gasteiger partial charge in [0.15, 0.2) is 0 Å². The van der Waals surface area contributed by atoms with Crippen molar-refractivity contribution in [1.29, 1.82) is 0 Å². The standard InChI is InChI=1S/C19H20Cl2N2O/c1-23(2)13-15-7-4-3-6-14(15)12-22-19(24)11-10-16-17(20)8-5-9-18(16)21/h3-11H,12-13H2,1-2H3,(H,22,24)/p+1/b11-10+. The fourth-order valence-corrected chi connectivity index (χ4v) is 2.88. The summed E-state index contributed by atoms with van der Waals surface area (Å²) < 4.78 is 0. The molecule has 2 N–H and O–H groups in total. The second kappa shape index (κ2) is 8.88. The molecule has 2 aromatic rings. The molecule has 0 saturated heterocycles. The Hall–Kier alpha value is -1.81. The molecule has 0 radical (unpaired) electrons. The number of hydrogen-bond acceptors (Lipinski definition) is 1. The number of quaternary nitrogens is 1. The maximum atomic E-state index is 12.1. The van der Waals surface area contributed by atoms with E-state index in [1.54, 1.807) is 24.3 Å². The van der Waals surface area contributed by atoms with Gasteiger partial charge in [-0.15, -0.1) is 0 Å². The van der Waals surface area contributed by atoms with E-state index in [4.69, 9.17) is 23.2 Å². The lowest BCUT2D eigenvalue weighted by Crippen LogP contribution is -3.04. The van der Waals surface area contributed by atoms with Gasteiger partial charge in [-0.1, -0.05) is 53.5 Å². The number of carbonyl (C=O) groups excluding carboxylic acids is 1. The van der Waals surface area contributed by atoms with E-state index >= 15 is 0 Å². The zero-order valence-corrected chi connectivity index (χ0v) is 15.3. The quantitative estimate of drug-likeness (QED) is 0.760. The summed E-state index contributed by atoms with van der Waals surface area (Å²) in [6.45, 7) is 1.40. The van der Waals surface area contributed by atoms with Gasteiger partial charge in [-0.3, -0.25) is 4.79 Å². The van der Waals surface area contributed by atoms with Crippen molar-refractivity contribution in [3.05, 3.63) is 75.3 Å². The molecule has 0 aliphatic heterocycles. The minimum Gasteiger partial charge on any atom is -0.348 e. The predicted molar refractivity (Wildman–Crippen MR) is 100 cm³/mol. The molecule has 2 rings (SSSR count). The van der Waals surface area contributed by atoms with E-state index in [-0.39, 0.29) is 5.91 Å². The summed E-state index contributed by atoms with van der Waals surface area (Å²) in [5.74, 6) is -0.182. The van der Waals surface area contributed by atoms with Crippen LogP contribution in [0, 0.1) is 0 Å². The van der Waals surface area contributed by atoms with Crippen LogP contribution in [0.5, 0.6) is 0 Å². The number of hydrogen-bond donors (Lipinski definition) is 2. The van der Waals surface area contributed by atoms with E-state index in [0.717, 1.165) is 12.1 Å². The number of benzene rings is 2. The Balaban J connectivity index is 2.00. The molecule has 0 aliphatic carbocycles. The van der Waals surface area contributed by atoms with Gasteiger partial charge < -0.3 is 10.2 Å². The highest BCUT2D eigenvalue weighted by atomic mass is 35.5. The first-order valence-electron chi connectivity index (χ1n) is 7.73. The summed E-state index contributed by atoms with van der Waals surface area (Å²) in [6.07, 6.45) is 3.09. The van der Waals surface area contributed by atoms with Crippen LogP contribution < -0.4 is 10.2 Å². The van der Waals surface area contributed by atoms with Crippen molar-refractivity contribution in [2.45, 2.75) is 13.1 Å². The zero-order chi connectivity index (χ0) is 17.5. The van der Waals surface area contributed by atoms with Crippen LogP contribution in [0.1, 0.15) is 16.7 Å². The van der Waals surface area contributed by atoms with Crippen LogP contribution in [-0.4, -0.2) is 20.0 Å². The molecule has 5 heteroatoms. The van der Waals surface area contributed by atoms with E-state index in [1.807, 2.05) is 18.2 Å². The minimum atomic E-state index is -0.182. The Morgan fingerprint density at radius 1 is 1.04 bits per heavy atom. The molecule has 0 atom stereocenters. The molecule has 0 aromatic heterocycles. The van der Waals surface area contributed by atoms with Gasteiger partial charge in [0.05, 0.1) is 14.1 Å². The monoisotopic (exact) mass is 363 g/mol. The van der Waals surface area contributed by atoms with Crippen LogP contribution >= 0.6 is 23.2 Å². The summed E-state index contributed by atoms with van der Waals surface area (Å²) in [5.41, 5.74) is 3.00. The average molecular weight is 364 g/mol. The summed E-state index contributed by atoms with van der Waals surface area (Å²) in [5, 5.41) is 3.94. The zero-order valence-electron chi connectivity index (χ0n) is 13.8. The molecular weight excluding hydrogens is 343 g/mol. The Morgan fingerprint density at radius 3 is 2.29 bits per heavy atom. The fourth-order valence-electron chi connectivity index (χ4n) is 2.35. The first-order chi connectivity index (χ1) is 11.5. The van der Waals surface area contributed by atoms with Crippen molar-refractivity contribution < 1.29 is 9.69 Å². The molecule has 0 fully saturated rings. The first-order valence-corrected chi connectivity index (χ1v) is 8.48. The molecule has 0 saturated carbocycles. The van der Waals surface area contributed by atoms with Crippen LogP contribution in [0.3, 0.4) is 0 Å². The second-order valence-electron chi connectivity index (χ2n) is 5.84. The number of carbonyl (C=O) groups is 1. The summed E-state index contributed by atoms with van der Waals surface area (Å²) in [7, 11) is 4.21. The molecular formula is C19H21Cl2N2O+. The number of nitrogens with one attached hydrogen (secondary N) is 2. The first kappa shape index (κ1) is 18.5. The normalized spacial score (nSPS) is 11.2. The summed E-state index contributed by atoms with van der Waals surface area (Å²) in [4.78, 5) is 13.4. The van der Waals surface area contributed by atoms with Crippen molar-refractivity contribution in [2.24, 2.45) is 0 Å². The van der Waals surface area contributed by atoms with Crippen molar-refractivity contribution in [3.8, 4) is 0 Å². The van der Waals surface area contributed by atoms with Gasteiger partial charge >= 0.3 is 0 Å². The predicted octanol–water partition coefficient (Wildman–Crippen LogP) is 2.97. The highest BCUT2D eigenvalue weighted by Gasteiger charge is 2.06. The minimum absolute atomic E-state index is 0.182. The van der Waals surface area contributed by atoms with E-state index in [9.17, 15) is 4.79 Å². The van der Waals surface area contributed by atoms with Gasteiger partial charge in [0.1, 0.15) is 6.54 Å². The lowest BCUT2D eigenvalue weighted by molar-refractivity contribution is -0.872. The van der Waals surface area contributed by atoms with Crippen molar-refractivity contribution in [2.75, 3.05) is 14.1 Å². The smallest absolute Gasteiger partial charge is 0.244 e. The van der Waals surface area contributed by atoms with Gasteiger partial charge in [0.25, 0.3) is 0 Å². The van der Waals surface area contributed by atoms with Crippen LogP contribution in [0.2, 0.25) is 10.0 Å². The Kier molecular flexibility index (Phi) is 6.85. The van der Waals surface area contributed by atoms with E-state index in [1.165, 1.54) is 16.5 Å². The van der Waals surface area contributed by atoms with E-state index < -0.39 is 0 Å². The van der Waals surface area contributed by atoms with Crippen molar-refractivity contribution in [3.63, 3.8) is 0 Å². The van der Waals surface area contributed by atoms with Gasteiger partial charge in [0.2, 0.25) is 5.91 Å². The molecule has 1 amide bonds. The molecule has 2 aromatic carbocycles. The van der Waals surface area contributed by atoms with Crippen LogP contribution in [-0.2, 0) is 17.9 Å². The van der Waals surface area contributed by atoms with Gasteiger partial charge in [-0.2, -0.15) is 0 Å². The van der Waals surface area contributed by atoms with E-state index in [0.29, 0.717) is 22.2 Å². The molecule has 0 bridgehead atoms. The lowest BCUT2D eigenvalue weighted by Gasteiger charge is -2.12. The molecule has 0 spiro atoms. The third kappa shape index (κ3) is 5.38. The average Bonchev–Trinajstić information content (AvgIpc) is 2.53. The number of rotatable bonds is 6. The molecule has 3 nitrogen and oxygen atoms in total. The largest absolute Gasteiger partial charge is 0.348 e. The van der Waals surface area contributed by atoms with Crippen molar-refractivity contribution in [1.82, 2.24) is 5.32 Å². The molecule has 126 valence electrons. The third-order valence-electron chi connectivity index (χ3n) is 3.52. The van der Waals surface area contributed by atoms with Gasteiger partial charge in [-0.05, 0) is 23.8 Å². The Labute approximate surface area is 152 Å². The maximum Gasteiger partial charge on any atom is 0.244 e. The molecule has 0 unspecified atom stereocenters. The van der Waals surface area contributed by atoms with Gasteiger partial charge in [-0.25, -0.2) is 0 Å². The lowest BCUT2D eigenvalue weighted by atomic mass is 10.1. The number of amides is 1. The van der Waals surface area contributed by atoms with Gasteiger partial charge in [0, 0.05) is 33.8 Å². The SMILES string of the molecule is C[NH+](C)Cc1ccccc1CNC(=O)/C=C/c1c(Cl)cccc1Cl. The van der Waals surface area contributed by atoms with E-state index in [2.05, 4.69) is 25.5 Å². The fraction of sp³-hybridized carbons (Fsp3) is 0.211. The molecule has 24 heavy (non-hydrogen) atoms. The van der Waals surface area contributed by atoms with Crippen LogP contribution in [0.15, 0.2) is 48.5 Å². The summed E-state index contributed by atoms with van der Waals surface area (Å²) >= 11 is 12.2. The maximum absolute atomic E-state index is 12.1. The van der Waals surface area contributed by atoms with Crippen LogP contribution in [0.25, 0.3) is 6.08 Å². The molecule has 0 aliphatic rings. The highest BCUT2D eigenvalue weighted by molar-refractivity contribution is 6.37. The topological polar surface area (TPSA) is 33.5 Å². The highest BCUT2D eigenvalue weighted by Crippen LogP contribution is 2.25. The second-order valence-corrected chi connectivity index (χ2v) is 6.65. The third-order valence-corrected chi connectivity index (χ3v) is 4.18. The van der Waals surface area contributed by atoms with Crippen molar-refractivity contribution >= 4 is 35.2 Å². The Morgan fingerprint density at radius 2 is 1.67 bits per heavy atom.